The van der Waals surface area contributed by atoms with Crippen LogP contribution in [0.2, 0.25) is 0 Å². The Morgan fingerprint density at radius 2 is 1.76 bits per heavy atom. The van der Waals surface area contributed by atoms with Crippen molar-refractivity contribution in [2.75, 3.05) is 0 Å². The first-order valence-corrected chi connectivity index (χ1v) is 5.85. The Morgan fingerprint density at radius 3 is 2.33 bits per heavy atom. The summed E-state index contributed by atoms with van der Waals surface area (Å²) in [5, 5.41) is 0. The van der Waals surface area contributed by atoms with Crippen LogP contribution in [0.5, 0.6) is 5.75 Å². The van der Waals surface area contributed by atoms with E-state index in [1.54, 1.807) is 0 Å². The van der Waals surface area contributed by atoms with E-state index in [0.717, 1.165) is 18.2 Å². The average molecular weight is 303 g/mol. The summed E-state index contributed by atoms with van der Waals surface area (Å²) < 4.78 is 67.3. The molecule has 2 N–H and O–H groups in total. The first-order chi connectivity index (χ1) is 9.81. The van der Waals surface area contributed by atoms with Gasteiger partial charge in [-0.05, 0) is 17.7 Å². The minimum absolute atomic E-state index is 0.0442. The lowest BCUT2D eigenvalue weighted by atomic mass is 10.0. The quantitative estimate of drug-likeness (QED) is 0.870. The third-order valence-corrected chi connectivity index (χ3v) is 2.77. The summed E-state index contributed by atoms with van der Waals surface area (Å²) in [5.41, 5.74) is 5.73. The van der Waals surface area contributed by atoms with Crippen LogP contribution in [0, 0.1) is 11.6 Å². The van der Waals surface area contributed by atoms with Crippen LogP contribution in [0.15, 0.2) is 36.4 Å². The molecule has 2 aromatic carbocycles. The molecule has 0 bridgehead atoms. The van der Waals surface area contributed by atoms with Crippen molar-refractivity contribution in [3.63, 3.8) is 0 Å². The molecule has 2 aromatic rings. The zero-order valence-electron chi connectivity index (χ0n) is 10.5. The van der Waals surface area contributed by atoms with E-state index in [1.165, 1.54) is 18.2 Å². The molecule has 0 spiro atoms. The molecule has 0 saturated carbocycles. The second kappa shape index (κ2) is 5.69. The Kier molecular flexibility index (Phi) is 4.13. The molecule has 0 aliphatic rings. The molecule has 0 atom stereocenters. The van der Waals surface area contributed by atoms with Crippen LogP contribution in [-0.2, 0) is 6.54 Å². The van der Waals surface area contributed by atoms with E-state index in [2.05, 4.69) is 4.74 Å². The minimum Gasteiger partial charge on any atom is -0.403 e. The van der Waals surface area contributed by atoms with Gasteiger partial charge in [-0.15, -0.1) is 13.2 Å². The van der Waals surface area contributed by atoms with Crippen LogP contribution in [0.1, 0.15) is 5.56 Å². The van der Waals surface area contributed by atoms with E-state index in [9.17, 15) is 22.0 Å². The topological polar surface area (TPSA) is 35.2 Å². The van der Waals surface area contributed by atoms with Crippen molar-refractivity contribution in [3.05, 3.63) is 53.6 Å². The van der Waals surface area contributed by atoms with Gasteiger partial charge >= 0.3 is 6.36 Å². The lowest BCUT2D eigenvalue weighted by molar-refractivity contribution is -0.275. The van der Waals surface area contributed by atoms with E-state index in [-0.39, 0.29) is 23.2 Å². The van der Waals surface area contributed by atoms with Gasteiger partial charge in [0.2, 0.25) is 0 Å². The van der Waals surface area contributed by atoms with Crippen LogP contribution >= 0.6 is 0 Å². The van der Waals surface area contributed by atoms with Crippen LogP contribution in [-0.4, -0.2) is 6.36 Å². The number of alkyl halides is 3. The molecule has 7 heteroatoms. The van der Waals surface area contributed by atoms with Gasteiger partial charge in [-0.1, -0.05) is 24.3 Å². The molecular formula is C14H10F5NO. The minimum atomic E-state index is -4.99. The van der Waals surface area contributed by atoms with Gasteiger partial charge < -0.3 is 10.5 Å². The molecule has 0 amide bonds. The van der Waals surface area contributed by atoms with Gasteiger partial charge in [-0.3, -0.25) is 0 Å². The van der Waals surface area contributed by atoms with Crippen molar-refractivity contribution in [3.8, 4) is 16.9 Å². The Balaban J connectivity index is 2.41. The Hall–Kier alpha value is -2.15. The number of nitrogens with two attached hydrogens (primary N) is 1. The molecule has 0 aliphatic heterocycles. The van der Waals surface area contributed by atoms with Gasteiger partial charge in [0, 0.05) is 17.7 Å². The van der Waals surface area contributed by atoms with E-state index in [1.807, 2.05) is 0 Å². The first-order valence-electron chi connectivity index (χ1n) is 5.85. The van der Waals surface area contributed by atoms with Crippen LogP contribution < -0.4 is 10.5 Å². The summed E-state index contributed by atoms with van der Waals surface area (Å²) in [6, 6.07) is 7.10. The van der Waals surface area contributed by atoms with Crippen LogP contribution in [0.3, 0.4) is 0 Å². The molecule has 0 aromatic heterocycles. The van der Waals surface area contributed by atoms with E-state index in [0.29, 0.717) is 0 Å². The van der Waals surface area contributed by atoms with Crippen LogP contribution in [0.25, 0.3) is 11.1 Å². The largest absolute Gasteiger partial charge is 0.573 e. The number of hydrogen-bond acceptors (Lipinski definition) is 2. The summed E-state index contributed by atoms with van der Waals surface area (Å²) in [6.45, 7) is -0.0442. The Labute approximate surface area is 116 Å². The highest BCUT2D eigenvalue weighted by atomic mass is 19.4. The highest BCUT2D eigenvalue weighted by Gasteiger charge is 2.32. The SMILES string of the molecule is NCc1cccc(-c2ccc(OC(F)(F)F)c(F)c2)c1F. The second-order valence-electron chi connectivity index (χ2n) is 4.18. The number of rotatable bonds is 3. The molecule has 0 fully saturated rings. The van der Waals surface area contributed by atoms with Gasteiger partial charge in [-0.2, -0.15) is 0 Å². The number of benzene rings is 2. The molecule has 0 aliphatic carbocycles. The lowest BCUT2D eigenvalue weighted by Crippen LogP contribution is -2.17. The van der Waals surface area contributed by atoms with E-state index >= 15 is 0 Å². The normalized spacial score (nSPS) is 11.5. The molecule has 21 heavy (non-hydrogen) atoms. The van der Waals surface area contributed by atoms with Gasteiger partial charge in [0.25, 0.3) is 0 Å². The fourth-order valence-corrected chi connectivity index (χ4v) is 1.84. The van der Waals surface area contributed by atoms with Gasteiger partial charge in [0.15, 0.2) is 11.6 Å². The summed E-state index contributed by atoms with van der Waals surface area (Å²) >= 11 is 0. The maximum absolute atomic E-state index is 14.0. The summed E-state index contributed by atoms with van der Waals surface area (Å²) in [7, 11) is 0. The molecule has 112 valence electrons. The zero-order valence-corrected chi connectivity index (χ0v) is 10.5. The van der Waals surface area contributed by atoms with Gasteiger partial charge in [-0.25, -0.2) is 8.78 Å². The number of halogens is 5. The maximum atomic E-state index is 14.0. The zero-order chi connectivity index (χ0) is 15.6. The summed E-state index contributed by atoms with van der Waals surface area (Å²) in [6.07, 6.45) is -4.99. The fourth-order valence-electron chi connectivity index (χ4n) is 1.84. The van der Waals surface area contributed by atoms with Crippen molar-refractivity contribution in [2.45, 2.75) is 12.9 Å². The monoisotopic (exact) mass is 303 g/mol. The maximum Gasteiger partial charge on any atom is 0.573 e. The lowest BCUT2D eigenvalue weighted by Gasteiger charge is -2.11. The number of hydrogen-bond donors (Lipinski definition) is 1. The van der Waals surface area contributed by atoms with Crippen molar-refractivity contribution < 1.29 is 26.7 Å². The standard InChI is InChI=1S/C14H10F5NO/c15-11-6-8(4-5-12(11)21-14(17,18)19)10-3-1-2-9(7-20)13(10)16/h1-6H,7,20H2. The third kappa shape index (κ3) is 3.49. The molecule has 2 rings (SSSR count). The molecule has 0 radical (unpaired) electrons. The van der Waals surface area contributed by atoms with Crippen molar-refractivity contribution in [1.82, 2.24) is 0 Å². The Bertz CT molecular complexity index is 654. The first kappa shape index (κ1) is 15.2. The van der Waals surface area contributed by atoms with Crippen molar-refractivity contribution >= 4 is 0 Å². The number of ether oxygens (including phenoxy) is 1. The molecule has 2 nitrogen and oxygen atoms in total. The van der Waals surface area contributed by atoms with Crippen molar-refractivity contribution in [2.24, 2.45) is 5.73 Å². The Morgan fingerprint density at radius 1 is 1.05 bits per heavy atom. The molecule has 0 unspecified atom stereocenters. The van der Waals surface area contributed by atoms with Gasteiger partial charge in [0.1, 0.15) is 5.82 Å². The summed E-state index contributed by atoms with van der Waals surface area (Å²) in [4.78, 5) is 0. The van der Waals surface area contributed by atoms with Gasteiger partial charge in [0.05, 0.1) is 0 Å². The highest BCUT2D eigenvalue weighted by molar-refractivity contribution is 5.66. The average Bonchev–Trinajstić information content (AvgIpc) is 2.40. The van der Waals surface area contributed by atoms with Crippen molar-refractivity contribution in [1.29, 1.82) is 0 Å². The predicted octanol–water partition coefficient (Wildman–Crippen LogP) is 3.99. The molecular weight excluding hydrogens is 293 g/mol. The van der Waals surface area contributed by atoms with E-state index < -0.39 is 23.7 Å². The summed E-state index contributed by atoms with van der Waals surface area (Å²) in [5.74, 6) is -2.84. The fraction of sp³-hybridized carbons (Fsp3) is 0.143. The third-order valence-electron chi connectivity index (χ3n) is 2.77. The molecule has 0 saturated heterocycles. The van der Waals surface area contributed by atoms with Crippen LogP contribution in [0.4, 0.5) is 22.0 Å². The smallest absolute Gasteiger partial charge is 0.403 e. The second-order valence-corrected chi connectivity index (χ2v) is 4.18. The predicted molar refractivity (Wildman–Crippen MR) is 66.4 cm³/mol. The molecule has 0 heterocycles. The van der Waals surface area contributed by atoms with E-state index in [4.69, 9.17) is 5.73 Å². The highest BCUT2D eigenvalue weighted by Crippen LogP contribution is 2.31.